The lowest BCUT2D eigenvalue weighted by molar-refractivity contribution is -0.131. The van der Waals surface area contributed by atoms with Crippen molar-refractivity contribution in [2.75, 3.05) is 0 Å². The van der Waals surface area contributed by atoms with E-state index < -0.39 is 0 Å². The minimum absolute atomic E-state index is 0.132. The number of carbonyl (C=O) groups excluding carboxylic acids is 1. The quantitative estimate of drug-likeness (QED) is 0.319. The molecule has 62 valence electrons. The van der Waals surface area contributed by atoms with Crippen LogP contribution in [-0.2, 0) is 9.53 Å². The molecule has 0 aromatic carbocycles. The first kappa shape index (κ1) is 9.95. The first-order chi connectivity index (χ1) is 5.35. The highest BCUT2D eigenvalue weighted by atomic mass is 16.5. The summed E-state index contributed by atoms with van der Waals surface area (Å²) in [6, 6.07) is 0. The second kappa shape index (κ2) is 7.06. The van der Waals surface area contributed by atoms with E-state index in [0.717, 1.165) is 19.3 Å². The van der Waals surface area contributed by atoms with Crippen LogP contribution in [0.4, 0.5) is 0 Å². The third kappa shape index (κ3) is 5.40. The number of hydrogen-bond acceptors (Lipinski definition) is 2. The molecule has 0 amide bonds. The van der Waals surface area contributed by atoms with E-state index in [1.54, 1.807) is 6.08 Å². The fourth-order valence-corrected chi connectivity index (χ4v) is 0.776. The summed E-state index contributed by atoms with van der Waals surface area (Å²) in [6.45, 7) is 7.60. The largest absolute Gasteiger partial charge is 0.460 e. The lowest BCUT2D eigenvalue weighted by Gasteiger charge is -2.08. The van der Waals surface area contributed by atoms with Gasteiger partial charge in [-0.2, -0.15) is 0 Å². The summed E-state index contributed by atoms with van der Waals surface area (Å²) in [4.78, 5) is 9.92. The van der Waals surface area contributed by atoms with Crippen LogP contribution in [0.25, 0.3) is 0 Å². The van der Waals surface area contributed by atoms with Crippen molar-refractivity contribution in [3.63, 3.8) is 0 Å². The maximum absolute atomic E-state index is 9.92. The van der Waals surface area contributed by atoms with Crippen molar-refractivity contribution in [3.05, 3.63) is 25.3 Å². The van der Waals surface area contributed by atoms with Crippen molar-refractivity contribution in [1.29, 1.82) is 0 Å². The van der Waals surface area contributed by atoms with Gasteiger partial charge in [0.05, 0.1) is 0 Å². The van der Waals surface area contributed by atoms with Gasteiger partial charge in [0.15, 0.2) is 0 Å². The minimum atomic E-state index is -0.132. The van der Waals surface area contributed by atoms with Crippen molar-refractivity contribution in [2.24, 2.45) is 0 Å². The van der Waals surface area contributed by atoms with Gasteiger partial charge >= 0.3 is 0 Å². The van der Waals surface area contributed by atoms with Gasteiger partial charge in [-0.15, -0.1) is 6.58 Å². The zero-order chi connectivity index (χ0) is 8.53. The Morgan fingerprint density at radius 3 is 2.64 bits per heavy atom. The van der Waals surface area contributed by atoms with Crippen LogP contribution >= 0.6 is 0 Å². The van der Waals surface area contributed by atoms with E-state index in [4.69, 9.17) is 4.74 Å². The molecule has 0 aliphatic rings. The van der Waals surface area contributed by atoms with Crippen LogP contribution in [0.3, 0.4) is 0 Å². The van der Waals surface area contributed by atoms with Gasteiger partial charge in [-0.1, -0.05) is 18.7 Å². The van der Waals surface area contributed by atoms with Gasteiger partial charge in [0.1, 0.15) is 6.10 Å². The minimum Gasteiger partial charge on any atom is -0.460 e. The molecule has 11 heavy (non-hydrogen) atoms. The molecule has 0 rings (SSSR count). The molecule has 0 bridgehead atoms. The summed E-state index contributed by atoms with van der Waals surface area (Å²) in [5.74, 6) is 0. The van der Waals surface area contributed by atoms with Gasteiger partial charge in [0.2, 0.25) is 0 Å². The molecule has 0 fully saturated rings. The van der Waals surface area contributed by atoms with E-state index in [9.17, 15) is 4.79 Å². The Morgan fingerprint density at radius 1 is 1.45 bits per heavy atom. The highest BCUT2D eigenvalue weighted by Crippen LogP contribution is 2.04. The van der Waals surface area contributed by atoms with Crippen molar-refractivity contribution < 1.29 is 9.53 Å². The lowest BCUT2D eigenvalue weighted by Crippen LogP contribution is -2.07. The van der Waals surface area contributed by atoms with E-state index in [2.05, 4.69) is 13.2 Å². The van der Waals surface area contributed by atoms with Gasteiger partial charge < -0.3 is 4.74 Å². The highest BCUT2D eigenvalue weighted by molar-refractivity contribution is 5.37. The fourth-order valence-electron chi connectivity index (χ4n) is 0.776. The Hall–Kier alpha value is -1.05. The topological polar surface area (TPSA) is 26.3 Å². The number of carbonyl (C=O) groups is 1. The molecule has 0 N–H and O–H groups in total. The van der Waals surface area contributed by atoms with E-state index in [1.165, 1.54) is 0 Å². The molecule has 0 heterocycles. The number of allylic oxidation sites excluding steroid dienone is 1. The zero-order valence-corrected chi connectivity index (χ0v) is 6.66. The van der Waals surface area contributed by atoms with E-state index >= 15 is 0 Å². The average Bonchev–Trinajstić information content (AvgIpc) is 2.03. The third-order valence-electron chi connectivity index (χ3n) is 1.39. The van der Waals surface area contributed by atoms with Crippen molar-refractivity contribution in [1.82, 2.24) is 0 Å². The monoisotopic (exact) mass is 154 g/mol. The number of rotatable bonds is 7. The number of hydrogen-bond donors (Lipinski definition) is 0. The second-order valence-electron chi connectivity index (χ2n) is 2.23. The molecule has 0 spiro atoms. The number of ether oxygens (including phenoxy) is 1. The van der Waals surface area contributed by atoms with Crippen molar-refractivity contribution in [2.45, 2.75) is 25.4 Å². The molecule has 2 heteroatoms. The van der Waals surface area contributed by atoms with Gasteiger partial charge in [-0.25, -0.2) is 0 Å². The standard InChI is InChI=1S/C9H14O2/c1-3-5-6-7-9(4-2)11-8-10/h3-4,8-9H,1-2,5-7H2. The molecule has 0 saturated heterocycles. The second-order valence-corrected chi connectivity index (χ2v) is 2.23. The third-order valence-corrected chi connectivity index (χ3v) is 1.39. The zero-order valence-electron chi connectivity index (χ0n) is 6.66. The van der Waals surface area contributed by atoms with E-state index in [1.807, 2.05) is 6.08 Å². The molecule has 0 aliphatic carbocycles. The van der Waals surface area contributed by atoms with Crippen LogP contribution in [0.2, 0.25) is 0 Å². The summed E-state index contributed by atoms with van der Waals surface area (Å²) in [7, 11) is 0. The molecule has 0 aromatic rings. The Bertz CT molecular complexity index is 130. The van der Waals surface area contributed by atoms with Crippen LogP contribution < -0.4 is 0 Å². The fraction of sp³-hybridized carbons (Fsp3) is 0.444. The molecule has 1 unspecified atom stereocenters. The molecular formula is C9H14O2. The lowest BCUT2D eigenvalue weighted by atomic mass is 10.1. The predicted molar refractivity (Wildman–Crippen MR) is 45.2 cm³/mol. The van der Waals surface area contributed by atoms with Gasteiger partial charge in [-0.3, -0.25) is 4.79 Å². The van der Waals surface area contributed by atoms with Gasteiger partial charge in [0, 0.05) is 0 Å². The predicted octanol–water partition coefficient (Wildman–Crippen LogP) is 2.07. The summed E-state index contributed by atoms with van der Waals surface area (Å²) < 4.78 is 4.70. The van der Waals surface area contributed by atoms with Gasteiger partial charge in [0.25, 0.3) is 6.47 Å². The van der Waals surface area contributed by atoms with Crippen LogP contribution in [-0.4, -0.2) is 12.6 Å². The normalized spacial score (nSPS) is 11.6. The van der Waals surface area contributed by atoms with Crippen LogP contribution in [0.15, 0.2) is 25.3 Å². The maximum Gasteiger partial charge on any atom is 0.293 e. The van der Waals surface area contributed by atoms with Crippen molar-refractivity contribution in [3.8, 4) is 0 Å². The summed E-state index contributed by atoms with van der Waals surface area (Å²) >= 11 is 0. The Balaban J connectivity index is 3.42. The smallest absolute Gasteiger partial charge is 0.293 e. The summed E-state index contributed by atoms with van der Waals surface area (Å²) in [6.07, 6.45) is 6.11. The maximum atomic E-state index is 9.92. The highest BCUT2D eigenvalue weighted by Gasteiger charge is 2.01. The summed E-state index contributed by atoms with van der Waals surface area (Å²) in [5.41, 5.74) is 0. The molecule has 0 aliphatic heterocycles. The average molecular weight is 154 g/mol. The molecular weight excluding hydrogens is 140 g/mol. The van der Waals surface area contributed by atoms with Crippen molar-refractivity contribution >= 4 is 6.47 Å². The Labute approximate surface area is 67.6 Å². The van der Waals surface area contributed by atoms with Crippen LogP contribution in [0, 0.1) is 0 Å². The van der Waals surface area contributed by atoms with E-state index in [-0.39, 0.29) is 6.10 Å². The van der Waals surface area contributed by atoms with E-state index in [0.29, 0.717) is 6.47 Å². The molecule has 0 radical (unpaired) electrons. The first-order valence-electron chi connectivity index (χ1n) is 3.67. The summed E-state index contributed by atoms with van der Waals surface area (Å²) in [5, 5.41) is 0. The SMILES string of the molecule is C=CCCCC(C=C)OC=O. The molecule has 0 aromatic heterocycles. The first-order valence-corrected chi connectivity index (χ1v) is 3.67. The van der Waals surface area contributed by atoms with Crippen LogP contribution in [0.1, 0.15) is 19.3 Å². The van der Waals surface area contributed by atoms with Gasteiger partial charge in [-0.05, 0) is 19.3 Å². The Morgan fingerprint density at radius 2 is 2.18 bits per heavy atom. The number of unbranched alkanes of at least 4 members (excludes halogenated alkanes) is 1. The molecule has 2 nitrogen and oxygen atoms in total. The molecule has 1 atom stereocenters. The Kier molecular flexibility index (Phi) is 6.39. The molecule has 0 saturated carbocycles. The van der Waals surface area contributed by atoms with Crippen LogP contribution in [0.5, 0.6) is 0 Å².